The van der Waals surface area contributed by atoms with E-state index in [1.807, 2.05) is 27.0 Å². The molecule has 0 bridgehead atoms. The molecule has 1 fully saturated rings. The number of nitrogens with one attached hydrogen (secondary N) is 1. The van der Waals surface area contributed by atoms with Crippen LogP contribution < -0.4 is 0 Å². The van der Waals surface area contributed by atoms with Crippen LogP contribution in [0.15, 0.2) is 36.5 Å². The summed E-state index contributed by atoms with van der Waals surface area (Å²) in [5.74, 6) is -0.305. The van der Waals surface area contributed by atoms with Gasteiger partial charge >= 0.3 is 6.09 Å². The Balaban J connectivity index is 1.62. The van der Waals surface area contributed by atoms with Crippen LogP contribution in [0.2, 0.25) is 0 Å². The minimum absolute atomic E-state index is 0.305. The number of rotatable bonds is 3. The molecule has 2 aliphatic heterocycles. The average molecular weight is 534 g/mol. The maximum atomic E-state index is 13.3. The van der Waals surface area contributed by atoms with Gasteiger partial charge < -0.3 is 24.5 Å². The normalized spacial score (nSPS) is 18.3. The van der Waals surface area contributed by atoms with Gasteiger partial charge in [0.25, 0.3) is 5.91 Å². The number of hydrogen-bond donors (Lipinski definition) is 2. The fourth-order valence-electron chi connectivity index (χ4n) is 5.56. The third-order valence-electron chi connectivity index (χ3n) is 7.52. The Labute approximate surface area is 229 Å². The number of carbonyl (C=O) groups excluding carboxylic acids is 2. The van der Waals surface area contributed by atoms with Crippen LogP contribution in [0.3, 0.4) is 0 Å². The van der Waals surface area contributed by atoms with E-state index in [-0.39, 0.29) is 18.0 Å². The first-order chi connectivity index (χ1) is 18.3. The van der Waals surface area contributed by atoms with Gasteiger partial charge in [-0.1, -0.05) is 12.1 Å². The van der Waals surface area contributed by atoms with Gasteiger partial charge in [-0.25, -0.2) is 4.79 Å². The molecule has 0 radical (unpaired) electrons. The van der Waals surface area contributed by atoms with Gasteiger partial charge in [0.2, 0.25) is 0 Å². The van der Waals surface area contributed by atoms with Gasteiger partial charge in [0.1, 0.15) is 11.2 Å². The average Bonchev–Trinajstić information content (AvgIpc) is 3.25. The number of aromatic amines is 1. The first kappa shape index (κ1) is 27.2. The smallest absolute Gasteiger partial charge is 0.410 e. The molecule has 8 nitrogen and oxygen atoms in total. The molecule has 0 spiro atoms. The van der Waals surface area contributed by atoms with Crippen molar-refractivity contribution < 1.29 is 24.2 Å². The molecule has 1 aromatic heterocycles. The van der Waals surface area contributed by atoms with E-state index in [4.69, 9.17) is 9.47 Å². The van der Waals surface area contributed by atoms with Crippen LogP contribution >= 0.6 is 0 Å². The number of hydrogen-bond acceptors (Lipinski definition) is 5. The second-order valence-electron chi connectivity index (χ2n) is 12.2. The molecule has 2 aromatic carbocycles. The molecular weight excluding hydrogens is 494 g/mol. The first-order valence-electron chi connectivity index (χ1n) is 13.6. The molecule has 5 rings (SSSR count). The summed E-state index contributed by atoms with van der Waals surface area (Å²) in [6.07, 6.45) is 2.29. The molecule has 3 aromatic rings. The number of ether oxygens (including phenoxy) is 2. The topological polar surface area (TPSA) is 95.1 Å². The molecule has 2 aliphatic rings. The molecule has 2 amide bonds. The van der Waals surface area contributed by atoms with Gasteiger partial charge in [0, 0.05) is 36.7 Å². The number of benzene rings is 2. The molecular formula is C31H39N3O5. The Bertz CT molecular complexity index is 1410. The third-order valence-corrected chi connectivity index (χ3v) is 7.52. The van der Waals surface area contributed by atoms with Crippen LogP contribution in [0.1, 0.15) is 62.9 Å². The maximum Gasteiger partial charge on any atom is 0.410 e. The number of amides is 2. The van der Waals surface area contributed by atoms with E-state index in [0.29, 0.717) is 39.3 Å². The lowest BCUT2D eigenvalue weighted by molar-refractivity contribution is -0.148. The summed E-state index contributed by atoms with van der Waals surface area (Å²) in [7, 11) is 0. The summed E-state index contributed by atoms with van der Waals surface area (Å²) < 4.78 is 11.7. The number of fused-ring (bicyclic) bond motifs is 2. The van der Waals surface area contributed by atoms with E-state index in [9.17, 15) is 14.7 Å². The zero-order valence-corrected chi connectivity index (χ0v) is 23.8. The van der Waals surface area contributed by atoms with Gasteiger partial charge in [-0.05, 0) is 99.5 Å². The quantitative estimate of drug-likeness (QED) is 0.488. The van der Waals surface area contributed by atoms with Gasteiger partial charge in [-0.15, -0.1) is 0 Å². The Morgan fingerprint density at radius 1 is 1.08 bits per heavy atom. The summed E-state index contributed by atoms with van der Waals surface area (Å²) in [5, 5.41) is 11.6. The molecule has 208 valence electrons. The molecule has 0 saturated carbocycles. The number of H-pyrrole nitrogens is 1. The summed E-state index contributed by atoms with van der Waals surface area (Å²) in [6.45, 7) is 12.8. The SMILES string of the molecule is Cc1c[nH]c2ccc(-c3cc4c(c([C@@H]5COCCN5C(=O)OC(C)(C)C)c3)CN(C(=O)C(C)(C)O)CC4)cc12. The first-order valence-corrected chi connectivity index (χ1v) is 13.6. The van der Waals surface area contributed by atoms with Gasteiger partial charge in [-0.2, -0.15) is 0 Å². The number of nitrogens with zero attached hydrogens (tertiary/aromatic N) is 2. The Morgan fingerprint density at radius 2 is 1.85 bits per heavy atom. The Morgan fingerprint density at radius 3 is 2.56 bits per heavy atom. The number of aliphatic hydroxyl groups is 1. The molecule has 3 heterocycles. The van der Waals surface area contributed by atoms with Crippen molar-refractivity contribution in [1.82, 2.24) is 14.8 Å². The molecule has 0 aliphatic carbocycles. The predicted octanol–water partition coefficient (Wildman–Crippen LogP) is 5.11. The van der Waals surface area contributed by atoms with Crippen LogP contribution in [-0.4, -0.2) is 69.4 Å². The van der Waals surface area contributed by atoms with E-state index >= 15 is 0 Å². The molecule has 2 N–H and O–H groups in total. The highest BCUT2D eigenvalue weighted by atomic mass is 16.6. The van der Waals surface area contributed by atoms with Gasteiger partial charge in [0.15, 0.2) is 0 Å². The number of aryl methyl sites for hydroxylation is 1. The fraction of sp³-hybridized carbons (Fsp3) is 0.484. The summed E-state index contributed by atoms with van der Waals surface area (Å²) in [5.41, 5.74) is 5.43. The monoisotopic (exact) mass is 533 g/mol. The highest BCUT2D eigenvalue weighted by molar-refractivity contribution is 5.88. The summed E-state index contributed by atoms with van der Waals surface area (Å²) >= 11 is 0. The molecule has 1 saturated heterocycles. The minimum Gasteiger partial charge on any atom is -0.444 e. The van der Waals surface area contributed by atoms with Crippen molar-refractivity contribution in [3.8, 4) is 11.1 Å². The highest BCUT2D eigenvalue weighted by Gasteiger charge is 2.37. The van der Waals surface area contributed by atoms with Gasteiger partial charge in [-0.3, -0.25) is 9.69 Å². The molecule has 8 heteroatoms. The van der Waals surface area contributed by atoms with Crippen molar-refractivity contribution in [2.75, 3.05) is 26.3 Å². The second kappa shape index (κ2) is 9.99. The zero-order valence-electron chi connectivity index (χ0n) is 23.8. The van der Waals surface area contributed by atoms with Crippen molar-refractivity contribution in [2.24, 2.45) is 0 Å². The maximum absolute atomic E-state index is 13.3. The van der Waals surface area contributed by atoms with Crippen LogP contribution in [0.4, 0.5) is 4.79 Å². The van der Waals surface area contributed by atoms with Crippen LogP contribution in [-0.2, 0) is 27.2 Å². The van der Waals surface area contributed by atoms with Gasteiger partial charge in [0.05, 0.1) is 19.3 Å². The predicted molar refractivity (Wildman–Crippen MR) is 150 cm³/mol. The van der Waals surface area contributed by atoms with E-state index < -0.39 is 11.2 Å². The molecule has 0 unspecified atom stereocenters. The zero-order chi connectivity index (χ0) is 28.1. The third kappa shape index (κ3) is 5.54. The van der Waals surface area contributed by atoms with Crippen molar-refractivity contribution in [2.45, 2.75) is 71.8 Å². The lowest BCUT2D eigenvalue weighted by Crippen LogP contribution is -2.48. The van der Waals surface area contributed by atoms with Crippen LogP contribution in [0, 0.1) is 6.92 Å². The summed E-state index contributed by atoms with van der Waals surface area (Å²) in [4.78, 5) is 33.1. The number of morpholine rings is 1. The molecule has 1 atom stereocenters. The van der Waals surface area contributed by atoms with Crippen molar-refractivity contribution in [3.05, 3.63) is 58.8 Å². The number of carbonyl (C=O) groups is 2. The Hall–Kier alpha value is -3.36. The van der Waals surface area contributed by atoms with Crippen molar-refractivity contribution in [1.29, 1.82) is 0 Å². The highest BCUT2D eigenvalue weighted by Crippen LogP contribution is 2.38. The lowest BCUT2D eigenvalue weighted by Gasteiger charge is -2.40. The second-order valence-corrected chi connectivity index (χ2v) is 12.2. The standard InChI is InChI=1S/C31H39N3O5/c1-19-16-32-26-8-7-20(14-23(19)26)22-13-21-9-10-33(28(35)31(5,6)37)17-25(21)24(15-22)27-18-38-12-11-34(27)29(36)39-30(2,3)4/h7-8,13-16,27,32,37H,9-12,17-18H2,1-6H3/t27-/m0/s1. The van der Waals surface area contributed by atoms with E-state index in [1.54, 1.807) is 9.80 Å². The number of aromatic nitrogens is 1. The largest absolute Gasteiger partial charge is 0.444 e. The van der Waals surface area contributed by atoms with Crippen LogP contribution in [0.5, 0.6) is 0 Å². The van der Waals surface area contributed by atoms with Crippen molar-refractivity contribution >= 4 is 22.9 Å². The lowest BCUT2D eigenvalue weighted by atomic mass is 9.86. The minimum atomic E-state index is -1.46. The van der Waals surface area contributed by atoms with E-state index in [0.717, 1.165) is 33.3 Å². The molecule has 39 heavy (non-hydrogen) atoms. The van der Waals surface area contributed by atoms with E-state index in [2.05, 4.69) is 42.2 Å². The fourth-order valence-corrected chi connectivity index (χ4v) is 5.56. The van der Waals surface area contributed by atoms with Crippen LogP contribution in [0.25, 0.3) is 22.0 Å². The van der Waals surface area contributed by atoms with E-state index in [1.165, 1.54) is 24.8 Å². The Kier molecular flexibility index (Phi) is 6.97. The van der Waals surface area contributed by atoms with Crippen molar-refractivity contribution in [3.63, 3.8) is 0 Å². The summed E-state index contributed by atoms with van der Waals surface area (Å²) in [6, 6.07) is 10.4.